The first-order chi connectivity index (χ1) is 6.20. The first-order valence-electron chi connectivity index (χ1n) is 5.01. The predicted octanol–water partition coefficient (Wildman–Crippen LogP) is 3.08. The summed E-state index contributed by atoms with van der Waals surface area (Å²) < 4.78 is 5.81. The molecule has 0 amide bonds. The molecule has 0 bridgehead atoms. The van der Waals surface area contributed by atoms with Gasteiger partial charge in [-0.05, 0) is 19.3 Å². The van der Waals surface area contributed by atoms with Crippen molar-refractivity contribution >= 4 is 28.6 Å². The molecule has 1 saturated carbocycles. The minimum atomic E-state index is -0.132. The number of alkyl halides is 1. The molecule has 0 saturated heterocycles. The molecule has 0 N–H and O–H groups in total. The highest BCUT2D eigenvalue weighted by molar-refractivity contribution is 14.1. The standard InChI is InChI=1S/C10H17IO2/c1-8(12)13-10-7-5-3-2-4-6-9(10)11/h9-10H,2-7H2,1H3/t9-,10+/m1/s1. The van der Waals surface area contributed by atoms with Crippen molar-refractivity contribution in [2.75, 3.05) is 0 Å². The second kappa shape index (κ2) is 5.83. The van der Waals surface area contributed by atoms with Crippen LogP contribution in [0.4, 0.5) is 0 Å². The van der Waals surface area contributed by atoms with Crippen molar-refractivity contribution in [1.29, 1.82) is 0 Å². The van der Waals surface area contributed by atoms with Crippen LogP contribution in [-0.4, -0.2) is 16.0 Å². The lowest BCUT2D eigenvalue weighted by Crippen LogP contribution is -2.27. The van der Waals surface area contributed by atoms with E-state index in [2.05, 4.69) is 22.6 Å². The summed E-state index contributed by atoms with van der Waals surface area (Å²) in [6.45, 7) is 1.50. The van der Waals surface area contributed by atoms with Gasteiger partial charge in [0.1, 0.15) is 6.10 Å². The highest BCUT2D eigenvalue weighted by Gasteiger charge is 2.22. The van der Waals surface area contributed by atoms with Crippen LogP contribution in [0.3, 0.4) is 0 Å². The number of rotatable bonds is 1. The molecular weight excluding hydrogens is 279 g/mol. The largest absolute Gasteiger partial charge is 0.461 e. The van der Waals surface area contributed by atoms with E-state index in [1.807, 2.05) is 0 Å². The Hall–Kier alpha value is 0.200. The Labute approximate surface area is 93.6 Å². The minimum absolute atomic E-state index is 0.132. The molecule has 2 nitrogen and oxygen atoms in total. The molecule has 1 fully saturated rings. The number of ether oxygens (including phenoxy) is 1. The van der Waals surface area contributed by atoms with Crippen molar-refractivity contribution in [3.8, 4) is 0 Å². The van der Waals surface area contributed by atoms with Crippen LogP contribution in [0.5, 0.6) is 0 Å². The van der Waals surface area contributed by atoms with Crippen molar-refractivity contribution in [2.45, 2.75) is 55.5 Å². The number of halogens is 1. The van der Waals surface area contributed by atoms with Crippen molar-refractivity contribution < 1.29 is 9.53 Å². The summed E-state index contributed by atoms with van der Waals surface area (Å²) in [7, 11) is 0. The molecule has 13 heavy (non-hydrogen) atoms. The Balaban J connectivity index is 2.41. The Morgan fingerprint density at radius 3 is 2.46 bits per heavy atom. The number of carbonyl (C=O) groups is 1. The van der Waals surface area contributed by atoms with E-state index in [0.717, 1.165) is 6.42 Å². The zero-order valence-corrected chi connectivity index (χ0v) is 10.2. The number of hydrogen-bond donors (Lipinski definition) is 0. The van der Waals surface area contributed by atoms with Crippen LogP contribution in [0.1, 0.15) is 45.4 Å². The smallest absolute Gasteiger partial charge is 0.302 e. The fraction of sp³-hybridized carbons (Fsp3) is 0.900. The zero-order valence-electron chi connectivity index (χ0n) is 8.09. The molecule has 1 aliphatic carbocycles. The molecule has 76 valence electrons. The lowest BCUT2D eigenvalue weighted by atomic mass is 9.98. The van der Waals surface area contributed by atoms with Crippen molar-refractivity contribution in [3.05, 3.63) is 0 Å². The third-order valence-electron chi connectivity index (χ3n) is 2.44. The molecule has 0 radical (unpaired) electrons. The first-order valence-corrected chi connectivity index (χ1v) is 6.26. The summed E-state index contributed by atoms with van der Waals surface area (Å²) in [5.74, 6) is -0.132. The maximum absolute atomic E-state index is 10.8. The first kappa shape index (κ1) is 11.3. The molecule has 0 heterocycles. The van der Waals surface area contributed by atoms with E-state index in [9.17, 15) is 4.79 Å². The quantitative estimate of drug-likeness (QED) is 0.422. The fourth-order valence-electron chi connectivity index (χ4n) is 1.75. The van der Waals surface area contributed by atoms with E-state index in [1.165, 1.54) is 39.0 Å². The highest BCUT2D eigenvalue weighted by atomic mass is 127. The molecule has 2 atom stereocenters. The average molecular weight is 296 g/mol. The Bertz CT molecular complexity index is 170. The second-order valence-electron chi connectivity index (χ2n) is 3.66. The van der Waals surface area contributed by atoms with Gasteiger partial charge < -0.3 is 4.74 Å². The van der Waals surface area contributed by atoms with Gasteiger partial charge in [-0.15, -0.1) is 0 Å². The van der Waals surface area contributed by atoms with Gasteiger partial charge in [0, 0.05) is 10.8 Å². The van der Waals surface area contributed by atoms with Crippen LogP contribution < -0.4 is 0 Å². The normalized spacial score (nSPS) is 30.3. The van der Waals surface area contributed by atoms with Crippen LogP contribution in [-0.2, 0) is 9.53 Å². The molecule has 1 rings (SSSR count). The van der Waals surface area contributed by atoms with Gasteiger partial charge in [0.2, 0.25) is 0 Å². The van der Waals surface area contributed by atoms with E-state index < -0.39 is 0 Å². The lowest BCUT2D eigenvalue weighted by molar-refractivity contribution is -0.146. The fourth-order valence-corrected chi connectivity index (χ4v) is 2.70. The SMILES string of the molecule is CC(=O)O[C@H]1CCCCCC[C@H]1I. The molecule has 0 unspecified atom stereocenters. The second-order valence-corrected chi connectivity index (χ2v) is 5.26. The van der Waals surface area contributed by atoms with Gasteiger partial charge in [0.05, 0.1) is 0 Å². The third kappa shape index (κ3) is 4.29. The summed E-state index contributed by atoms with van der Waals surface area (Å²) in [5, 5.41) is 0. The molecule has 0 spiro atoms. The lowest BCUT2D eigenvalue weighted by Gasteiger charge is -2.24. The third-order valence-corrected chi connectivity index (χ3v) is 3.86. The summed E-state index contributed by atoms with van der Waals surface area (Å²) in [5.41, 5.74) is 0. The van der Waals surface area contributed by atoms with Crippen LogP contribution in [0.25, 0.3) is 0 Å². The van der Waals surface area contributed by atoms with Gasteiger partial charge >= 0.3 is 5.97 Å². The van der Waals surface area contributed by atoms with Crippen LogP contribution >= 0.6 is 22.6 Å². The van der Waals surface area contributed by atoms with Crippen molar-refractivity contribution in [3.63, 3.8) is 0 Å². The van der Waals surface area contributed by atoms with E-state index >= 15 is 0 Å². The number of carbonyl (C=O) groups excluding carboxylic acids is 1. The Kier molecular flexibility index (Phi) is 5.06. The average Bonchev–Trinajstić information content (AvgIpc) is 2.04. The summed E-state index contributed by atoms with van der Waals surface area (Å²) in [6.07, 6.45) is 7.53. The number of esters is 1. The summed E-state index contributed by atoms with van der Waals surface area (Å²) >= 11 is 2.42. The molecule has 0 aromatic carbocycles. The van der Waals surface area contributed by atoms with E-state index in [-0.39, 0.29) is 12.1 Å². The minimum Gasteiger partial charge on any atom is -0.461 e. The summed E-state index contributed by atoms with van der Waals surface area (Å²) in [6, 6.07) is 0. The number of hydrogen-bond acceptors (Lipinski definition) is 2. The molecule has 0 aromatic rings. The van der Waals surface area contributed by atoms with Crippen molar-refractivity contribution in [1.82, 2.24) is 0 Å². The topological polar surface area (TPSA) is 26.3 Å². The predicted molar refractivity (Wildman–Crippen MR) is 61.1 cm³/mol. The van der Waals surface area contributed by atoms with Gasteiger partial charge in [0.25, 0.3) is 0 Å². The van der Waals surface area contributed by atoms with E-state index in [1.54, 1.807) is 0 Å². The van der Waals surface area contributed by atoms with Gasteiger partial charge in [-0.1, -0.05) is 41.9 Å². The molecule has 1 aliphatic rings. The van der Waals surface area contributed by atoms with Gasteiger partial charge in [-0.2, -0.15) is 0 Å². The zero-order chi connectivity index (χ0) is 9.68. The van der Waals surface area contributed by atoms with Gasteiger partial charge in [-0.3, -0.25) is 4.79 Å². The Morgan fingerprint density at radius 2 is 1.85 bits per heavy atom. The van der Waals surface area contributed by atoms with E-state index in [4.69, 9.17) is 4.74 Å². The molecule has 0 aliphatic heterocycles. The van der Waals surface area contributed by atoms with Crippen molar-refractivity contribution in [2.24, 2.45) is 0 Å². The molecular formula is C10H17IO2. The summed E-state index contributed by atoms with van der Waals surface area (Å²) in [4.78, 5) is 10.8. The van der Waals surface area contributed by atoms with Crippen LogP contribution in [0.15, 0.2) is 0 Å². The highest BCUT2D eigenvalue weighted by Crippen LogP contribution is 2.25. The van der Waals surface area contributed by atoms with Crippen LogP contribution in [0, 0.1) is 0 Å². The van der Waals surface area contributed by atoms with Gasteiger partial charge in [-0.25, -0.2) is 0 Å². The van der Waals surface area contributed by atoms with Crippen LogP contribution in [0.2, 0.25) is 0 Å². The van der Waals surface area contributed by atoms with Gasteiger partial charge in [0.15, 0.2) is 0 Å². The Morgan fingerprint density at radius 1 is 1.23 bits per heavy atom. The molecule has 0 aromatic heterocycles. The molecule has 3 heteroatoms. The maximum atomic E-state index is 10.8. The maximum Gasteiger partial charge on any atom is 0.302 e. The monoisotopic (exact) mass is 296 g/mol. The van der Waals surface area contributed by atoms with E-state index in [0.29, 0.717) is 3.92 Å².